The molecule has 2 N–H and O–H groups in total. The van der Waals surface area contributed by atoms with Crippen molar-refractivity contribution in [3.05, 3.63) is 47.5 Å². The van der Waals surface area contributed by atoms with Gasteiger partial charge in [-0.3, -0.25) is 0 Å². The normalized spacial score (nSPS) is 19.0. The first-order chi connectivity index (χ1) is 8.25. The third-order valence-corrected chi connectivity index (χ3v) is 3.22. The predicted octanol–water partition coefficient (Wildman–Crippen LogP) is 1.89. The van der Waals surface area contributed by atoms with Crippen molar-refractivity contribution in [2.45, 2.75) is 19.6 Å². The molecule has 0 aliphatic carbocycles. The minimum absolute atomic E-state index is 0.210. The van der Waals surface area contributed by atoms with E-state index in [-0.39, 0.29) is 6.04 Å². The average molecular weight is 229 g/mol. The van der Waals surface area contributed by atoms with Gasteiger partial charge < -0.3 is 15.0 Å². The van der Waals surface area contributed by atoms with Crippen molar-refractivity contribution in [3.8, 4) is 0 Å². The van der Waals surface area contributed by atoms with Crippen LogP contribution in [0.3, 0.4) is 0 Å². The van der Waals surface area contributed by atoms with Crippen molar-refractivity contribution in [2.24, 2.45) is 0 Å². The first-order valence-corrected chi connectivity index (χ1v) is 5.71. The van der Waals surface area contributed by atoms with Crippen LogP contribution in [0.25, 0.3) is 0 Å². The first kappa shape index (κ1) is 10.4. The van der Waals surface area contributed by atoms with Gasteiger partial charge in [0, 0.05) is 5.69 Å². The lowest BCUT2D eigenvalue weighted by atomic mass is 10.1. The van der Waals surface area contributed by atoms with Crippen LogP contribution in [-0.4, -0.2) is 16.2 Å². The number of anilines is 1. The second-order valence-electron chi connectivity index (χ2n) is 4.36. The van der Waals surface area contributed by atoms with Crippen LogP contribution in [0.1, 0.15) is 23.1 Å². The van der Waals surface area contributed by atoms with Crippen LogP contribution in [0.5, 0.6) is 0 Å². The molecule has 4 heteroatoms. The van der Waals surface area contributed by atoms with Crippen LogP contribution >= 0.6 is 0 Å². The number of aromatic nitrogens is 2. The molecule has 0 spiro atoms. The molecule has 1 aromatic carbocycles. The number of rotatable bonds is 1. The minimum Gasteiger partial charge on any atom is -0.399 e. The number of nitrogens with zero attached hydrogens (tertiary/aromatic N) is 2. The maximum Gasteiger partial charge on any atom is 0.106 e. The highest BCUT2D eigenvalue weighted by Gasteiger charge is 2.23. The Hall–Kier alpha value is -1.81. The zero-order valence-electron chi connectivity index (χ0n) is 9.76. The summed E-state index contributed by atoms with van der Waals surface area (Å²) in [4.78, 5) is 4.35. The number of aryl methyl sites for hydroxylation is 1. The Balaban J connectivity index is 2.05. The van der Waals surface area contributed by atoms with E-state index in [1.165, 1.54) is 5.56 Å². The zero-order chi connectivity index (χ0) is 11.8. The second kappa shape index (κ2) is 3.89. The lowest BCUT2D eigenvalue weighted by Crippen LogP contribution is -2.25. The summed E-state index contributed by atoms with van der Waals surface area (Å²) in [6.07, 6.45) is 1.89. The van der Waals surface area contributed by atoms with Gasteiger partial charge in [0.1, 0.15) is 5.82 Å². The molecule has 17 heavy (non-hydrogen) atoms. The fourth-order valence-electron chi connectivity index (χ4n) is 2.35. The summed E-state index contributed by atoms with van der Waals surface area (Å²) in [5.41, 5.74) is 8.84. The molecule has 1 aliphatic rings. The average Bonchev–Trinajstić information content (AvgIpc) is 2.73. The van der Waals surface area contributed by atoms with Gasteiger partial charge in [-0.15, -0.1) is 0 Å². The van der Waals surface area contributed by atoms with Crippen LogP contribution in [-0.2, 0) is 11.3 Å². The lowest BCUT2D eigenvalue weighted by Gasteiger charge is -2.27. The Morgan fingerprint density at radius 3 is 2.88 bits per heavy atom. The standard InChI is InChI=1S/C13H15N3O/c1-9-15-6-12-7-17-8-13(16(9)12)10-2-4-11(14)5-3-10/h2-6,13H,7-8,14H2,1H3/t13-/m0/s1. The molecule has 2 aromatic rings. The van der Waals surface area contributed by atoms with E-state index < -0.39 is 0 Å². The first-order valence-electron chi connectivity index (χ1n) is 5.71. The van der Waals surface area contributed by atoms with Gasteiger partial charge >= 0.3 is 0 Å². The zero-order valence-corrected chi connectivity index (χ0v) is 9.76. The number of hydrogen-bond acceptors (Lipinski definition) is 3. The van der Waals surface area contributed by atoms with Crippen LogP contribution in [0.15, 0.2) is 30.5 Å². The molecule has 3 rings (SSSR count). The molecule has 0 saturated carbocycles. The van der Waals surface area contributed by atoms with Gasteiger partial charge in [0.15, 0.2) is 0 Å². The molecule has 0 radical (unpaired) electrons. The summed E-state index contributed by atoms with van der Waals surface area (Å²) < 4.78 is 7.86. The van der Waals surface area contributed by atoms with E-state index in [2.05, 4.69) is 21.7 Å². The molecule has 1 aromatic heterocycles. The van der Waals surface area contributed by atoms with Gasteiger partial charge in [-0.25, -0.2) is 4.98 Å². The van der Waals surface area contributed by atoms with Gasteiger partial charge in [-0.05, 0) is 24.6 Å². The maximum absolute atomic E-state index is 5.71. The molecule has 4 nitrogen and oxygen atoms in total. The van der Waals surface area contributed by atoms with Crippen molar-refractivity contribution >= 4 is 5.69 Å². The van der Waals surface area contributed by atoms with Crippen molar-refractivity contribution in [1.29, 1.82) is 0 Å². The number of benzene rings is 1. The van der Waals surface area contributed by atoms with Gasteiger partial charge in [-0.1, -0.05) is 12.1 Å². The lowest BCUT2D eigenvalue weighted by molar-refractivity contribution is 0.0687. The quantitative estimate of drug-likeness (QED) is 0.760. The van der Waals surface area contributed by atoms with E-state index in [0.29, 0.717) is 13.2 Å². The SMILES string of the molecule is Cc1ncc2n1[C@H](c1ccc(N)cc1)COC2. The third kappa shape index (κ3) is 1.70. The van der Waals surface area contributed by atoms with Crippen LogP contribution in [0.4, 0.5) is 5.69 Å². The fourth-order valence-corrected chi connectivity index (χ4v) is 2.35. The molecule has 0 unspecified atom stereocenters. The number of hydrogen-bond donors (Lipinski definition) is 1. The summed E-state index contributed by atoms with van der Waals surface area (Å²) in [6, 6.07) is 8.17. The van der Waals surface area contributed by atoms with E-state index in [0.717, 1.165) is 17.2 Å². The van der Waals surface area contributed by atoms with Crippen molar-refractivity contribution in [2.75, 3.05) is 12.3 Å². The van der Waals surface area contributed by atoms with Crippen molar-refractivity contribution in [1.82, 2.24) is 9.55 Å². The summed E-state index contributed by atoms with van der Waals surface area (Å²) in [5.74, 6) is 1.03. The molecule has 1 aliphatic heterocycles. The number of imidazole rings is 1. The fraction of sp³-hybridized carbons (Fsp3) is 0.308. The minimum atomic E-state index is 0.210. The van der Waals surface area contributed by atoms with Gasteiger partial charge in [0.25, 0.3) is 0 Å². The van der Waals surface area contributed by atoms with E-state index in [1.807, 2.05) is 25.3 Å². The van der Waals surface area contributed by atoms with Gasteiger partial charge in [0.05, 0.1) is 31.1 Å². The topological polar surface area (TPSA) is 53.1 Å². The van der Waals surface area contributed by atoms with E-state index in [1.54, 1.807) is 0 Å². The van der Waals surface area contributed by atoms with E-state index in [4.69, 9.17) is 10.5 Å². The number of nitrogen functional groups attached to an aromatic ring is 1. The molecular weight excluding hydrogens is 214 g/mol. The highest BCUT2D eigenvalue weighted by atomic mass is 16.5. The largest absolute Gasteiger partial charge is 0.399 e. The maximum atomic E-state index is 5.71. The third-order valence-electron chi connectivity index (χ3n) is 3.22. The number of nitrogens with two attached hydrogens (primary N) is 1. The highest BCUT2D eigenvalue weighted by Crippen LogP contribution is 2.27. The molecule has 0 fully saturated rings. The Labute approximate surface area is 100 Å². The molecule has 0 saturated heterocycles. The number of fused-ring (bicyclic) bond motifs is 1. The molecule has 2 heterocycles. The number of ether oxygens (including phenoxy) is 1. The molecule has 0 amide bonds. The Bertz CT molecular complexity index is 530. The second-order valence-corrected chi connectivity index (χ2v) is 4.36. The molecule has 0 bridgehead atoms. The van der Waals surface area contributed by atoms with Gasteiger partial charge in [-0.2, -0.15) is 0 Å². The van der Waals surface area contributed by atoms with Crippen molar-refractivity contribution < 1.29 is 4.74 Å². The smallest absolute Gasteiger partial charge is 0.106 e. The van der Waals surface area contributed by atoms with Crippen LogP contribution < -0.4 is 5.73 Å². The molecule has 88 valence electrons. The van der Waals surface area contributed by atoms with Crippen molar-refractivity contribution in [3.63, 3.8) is 0 Å². The van der Waals surface area contributed by atoms with Crippen LogP contribution in [0.2, 0.25) is 0 Å². The monoisotopic (exact) mass is 229 g/mol. The summed E-state index contributed by atoms with van der Waals surface area (Å²) in [7, 11) is 0. The summed E-state index contributed by atoms with van der Waals surface area (Å²) in [6.45, 7) is 3.36. The molecular formula is C13H15N3O. The van der Waals surface area contributed by atoms with Crippen LogP contribution in [0, 0.1) is 6.92 Å². The summed E-state index contributed by atoms with van der Waals surface area (Å²) >= 11 is 0. The Morgan fingerprint density at radius 1 is 1.35 bits per heavy atom. The van der Waals surface area contributed by atoms with E-state index in [9.17, 15) is 0 Å². The molecule has 1 atom stereocenters. The van der Waals surface area contributed by atoms with Gasteiger partial charge in [0.2, 0.25) is 0 Å². The van der Waals surface area contributed by atoms with E-state index >= 15 is 0 Å². The summed E-state index contributed by atoms with van der Waals surface area (Å²) in [5, 5.41) is 0. The highest BCUT2D eigenvalue weighted by molar-refractivity contribution is 5.40. The Kier molecular flexibility index (Phi) is 2.37. The predicted molar refractivity (Wildman–Crippen MR) is 65.6 cm³/mol. The Morgan fingerprint density at radius 2 is 2.12 bits per heavy atom.